The molecule has 1 aromatic rings. The molecule has 1 rings (SSSR count). The fraction of sp³-hybridized carbons (Fsp3) is 0.455. The Morgan fingerprint density at radius 2 is 2.14 bits per heavy atom. The molecule has 0 fully saturated rings. The van der Waals surface area contributed by atoms with Gasteiger partial charge < -0.3 is 10.1 Å². The molecule has 0 spiro atoms. The summed E-state index contributed by atoms with van der Waals surface area (Å²) in [6.07, 6.45) is 0.927. The van der Waals surface area contributed by atoms with Crippen molar-refractivity contribution in [2.24, 2.45) is 0 Å². The molecular weight excluding hydrogens is 198 g/mol. The van der Waals surface area contributed by atoms with Crippen molar-refractivity contribution in [3.8, 4) is 0 Å². The molecule has 0 heterocycles. The Labute approximate surface area is 90.2 Å². The van der Waals surface area contributed by atoms with E-state index in [1.807, 2.05) is 31.3 Å². The summed E-state index contributed by atoms with van der Waals surface area (Å²) in [5.41, 5.74) is 1.13. The lowest BCUT2D eigenvalue weighted by atomic mass is 10.0. The average Bonchev–Trinajstić information content (AvgIpc) is 2.21. The van der Waals surface area contributed by atoms with Crippen LogP contribution in [0.2, 0.25) is 5.02 Å². The number of nitrogens with one attached hydrogen (secondary N) is 1. The Bertz CT molecular complexity index is 278. The Morgan fingerprint density at radius 3 is 2.71 bits per heavy atom. The van der Waals surface area contributed by atoms with Gasteiger partial charge in [-0.05, 0) is 25.1 Å². The molecule has 3 heteroatoms. The summed E-state index contributed by atoms with van der Waals surface area (Å²) in [5.74, 6) is 0. The third-order valence-corrected chi connectivity index (χ3v) is 2.58. The number of halogens is 1. The van der Waals surface area contributed by atoms with Crippen LogP contribution < -0.4 is 5.32 Å². The molecule has 1 N–H and O–H groups in total. The lowest BCUT2D eigenvalue weighted by Crippen LogP contribution is -2.18. The van der Waals surface area contributed by atoms with Crippen LogP contribution in [-0.4, -0.2) is 20.8 Å². The van der Waals surface area contributed by atoms with Crippen molar-refractivity contribution in [3.63, 3.8) is 0 Å². The molecule has 2 nitrogen and oxygen atoms in total. The van der Waals surface area contributed by atoms with E-state index in [0.717, 1.165) is 23.6 Å². The standard InChI is InChI=1S/C11H16ClNO/c1-13-11(7-8-14-2)9-5-3-4-6-10(9)12/h3-6,11,13H,7-8H2,1-2H3. The molecule has 1 atom stereocenters. The van der Waals surface area contributed by atoms with Crippen LogP contribution in [0.5, 0.6) is 0 Å². The van der Waals surface area contributed by atoms with E-state index in [1.54, 1.807) is 7.11 Å². The molecule has 14 heavy (non-hydrogen) atoms. The third-order valence-electron chi connectivity index (χ3n) is 2.24. The number of hydrogen-bond acceptors (Lipinski definition) is 2. The topological polar surface area (TPSA) is 21.3 Å². The van der Waals surface area contributed by atoms with Gasteiger partial charge in [0, 0.05) is 24.8 Å². The van der Waals surface area contributed by atoms with Crippen molar-refractivity contribution in [1.29, 1.82) is 0 Å². The number of ether oxygens (including phenoxy) is 1. The first-order valence-electron chi connectivity index (χ1n) is 4.70. The van der Waals surface area contributed by atoms with E-state index in [-0.39, 0.29) is 6.04 Å². The first kappa shape index (κ1) is 11.5. The van der Waals surface area contributed by atoms with Gasteiger partial charge >= 0.3 is 0 Å². The maximum absolute atomic E-state index is 6.10. The van der Waals surface area contributed by atoms with Crippen molar-refractivity contribution in [1.82, 2.24) is 5.32 Å². The molecule has 0 aliphatic rings. The van der Waals surface area contributed by atoms with Gasteiger partial charge in [0.05, 0.1) is 0 Å². The first-order chi connectivity index (χ1) is 6.79. The van der Waals surface area contributed by atoms with Gasteiger partial charge in [0.1, 0.15) is 0 Å². The Morgan fingerprint density at radius 1 is 1.43 bits per heavy atom. The molecule has 0 amide bonds. The van der Waals surface area contributed by atoms with Gasteiger partial charge in [0.15, 0.2) is 0 Å². The highest BCUT2D eigenvalue weighted by molar-refractivity contribution is 6.31. The summed E-state index contributed by atoms with van der Waals surface area (Å²) >= 11 is 6.10. The predicted octanol–water partition coefficient (Wildman–Crippen LogP) is 2.64. The number of methoxy groups -OCH3 is 1. The van der Waals surface area contributed by atoms with E-state index >= 15 is 0 Å². The van der Waals surface area contributed by atoms with Crippen molar-refractivity contribution < 1.29 is 4.74 Å². The zero-order chi connectivity index (χ0) is 10.4. The van der Waals surface area contributed by atoms with Gasteiger partial charge in [-0.25, -0.2) is 0 Å². The van der Waals surface area contributed by atoms with Crippen molar-refractivity contribution >= 4 is 11.6 Å². The molecule has 0 aliphatic carbocycles. The smallest absolute Gasteiger partial charge is 0.0480 e. The Hall–Kier alpha value is -0.570. The second-order valence-corrected chi connectivity index (χ2v) is 3.55. The van der Waals surface area contributed by atoms with Gasteiger partial charge in [-0.1, -0.05) is 29.8 Å². The van der Waals surface area contributed by atoms with Crippen LogP contribution in [0.3, 0.4) is 0 Å². The van der Waals surface area contributed by atoms with E-state index in [2.05, 4.69) is 5.32 Å². The molecule has 0 aromatic heterocycles. The fourth-order valence-corrected chi connectivity index (χ4v) is 1.72. The van der Waals surface area contributed by atoms with Crippen LogP contribution in [0.4, 0.5) is 0 Å². The molecule has 1 aromatic carbocycles. The van der Waals surface area contributed by atoms with Gasteiger partial charge in [-0.3, -0.25) is 0 Å². The summed E-state index contributed by atoms with van der Waals surface area (Å²) in [6.45, 7) is 0.733. The lowest BCUT2D eigenvalue weighted by molar-refractivity contribution is 0.184. The maximum atomic E-state index is 6.10. The maximum Gasteiger partial charge on any atom is 0.0480 e. The van der Waals surface area contributed by atoms with Crippen molar-refractivity contribution in [3.05, 3.63) is 34.9 Å². The van der Waals surface area contributed by atoms with E-state index in [9.17, 15) is 0 Å². The van der Waals surface area contributed by atoms with Crippen LogP contribution in [-0.2, 0) is 4.74 Å². The summed E-state index contributed by atoms with van der Waals surface area (Å²) in [6, 6.07) is 8.16. The molecule has 78 valence electrons. The molecular formula is C11H16ClNO. The van der Waals surface area contributed by atoms with Gasteiger partial charge in [-0.2, -0.15) is 0 Å². The zero-order valence-electron chi connectivity index (χ0n) is 8.59. The minimum atomic E-state index is 0.267. The number of rotatable bonds is 5. The summed E-state index contributed by atoms with van der Waals surface area (Å²) in [7, 11) is 3.64. The van der Waals surface area contributed by atoms with Crippen LogP contribution in [0.25, 0.3) is 0 Å². The largest absolute Gasteiger partial charge is 0.385 e. The SMILES string of the molecule is CNC(CCOC)c1ccccc1Cl. The van der Waals surface area contributed by atoms with Crippen LogP contribution >= 0.6 is 11.6 Å². The zero-order valence-corrected chi connectivity index (χ0v) is 9.34. The fourth-order valence-electron chi connectivity index (χ4n) is 1.45. The highest BCUT2D eigenvalue weighted by Crippen LogP contribution is 2.24. The number of hydrogen-bond donors (Lipinski definition) is 1. The second-order valence-electron chi connectivity index (χ2n) is 3.14. The summed E-state index contributed by atoms with van der Waals surface area (Å²) in [4.78, 5) is 0. The van der Waals surface area contributed by atoms with E-state index in [0.29, 0.717) is 0 Å². The normalized spacial score (nSPS) is 12.8. The first-order valence-corrected chi connectivity index (χ1v) is 5.08. The highest BCUT2D eigenvalue weighted by Gasteiger charge is 2.11. The molecule has 0 aliphatic heterocycles. The highest BCUT2D eigenvalue weighted by atomic mass is 35.5. The third kappa shape index (κ3) is 2.98. The average molecular weight is 214 g/mol. The van der Waals surface area contributed by atoms with E-state index in [4.69, 9.17) is 16.3 Å². The van der Waals surface area contributed by atoms with Gasteiger partial charge in [0.2, 0.25) is 0 Å². The molecule has 0 bridgehead atoms. The number of benzene rings is 1. The van der Waals surface area contributed by atoms with Crippen molar-refractivity contribution in [2.45, 2.75) is 12.5 Å². The van der Waals surface area contributed by atoms with Gasteiger partial charge in [0.25, 0.3) is 0 Å². The Balaban J connectivity index is 2.73. The molecule has 0 saturated heterocycles. The molecule has 1 unspecified atom stereocenters. The van der Waals surface area contributed by atoms with Crippen molar-refractivity contribution in [2.75, 3.05) is 20.8 Å². The van der Waals surface area contributed by atoms with Crippen LogP contribution in [0.15, 0.2) is 24.3 Å². The summed E-state index contributed by atoms with van der Waals surface area (Å²) < 4.78 is 5.05. The molecule has 0 saturated carbocycles. The minimum absolute atomic E-state index is 0.267. The van der Waals surface area contributed by atoms with Gasteiger partial charge in [-0.15, -0.1) is 0 Å². The van der Waals surface area contributed by atoms with Crippen LogP contribution in [0.1, 0.15) is 18.0 Å². The Kier molecular flexibility index (Phi) is 4.94. The van der Waals surface area contributed by atoms with E-state index in [1.165, 1.54) is 0 Å². The summed E-state index contributed by atoms with van der Waals surface area (Å²) in [5, 5.41) is 4.04. The minimum Gasteiger partial charge on any atom is -0.385 e. The monoisotopic (exact) mass is 213 g/mol. The van der Waals surface area contributed by atoms with E-state index < -0.39 is 0 Å². The second kappa shape index (κ2) is 6.02. The lowest BCUT2D eigenvalue weighted by Gasteiger charge is -2.17. The molecule has 0 radical (unpaired) electrons. The van der Waals surface area contributed by atoms with Crippen LogP contribution in [0, 0.1) is 0 Å². The predicted molar refractivity (Wildman–Crippen MR) is 59.7 cm³/mol. The quantitative estimate of drug-likeness (QED) is 0.812.